The van der Waals surface area contributed by atoms with E-state index in [1.165, 1.54) is 0 Å². The summed E-state index contributed by atoms with van der Waals surface area (Å²) in [7, 11) is -2.91. The maximum absolute atomic E-state index is 11.9. The number of rotatable bonds is 4. The summed E-state index contributed by atoms with van der Waals surface area (Å²) in [4.78, 5) is 0. The predicted molar refractivity (Wildman–Crippen MR) is 76.7 cm³/mol. The van der Waals surface area contributed by atoms with Crippen LogP contribution in [-0.4, -0.2) is 25.5 Å². The topological polar surface area (TPSA) is 43.4 Å². The summed E-state index contributed by atoms with van der Waals surface area (Å²) in [6.07, 6.45) is 1.45. The lowest BCUT2D eigenvalue weighted by molar-refractivity contribution is 0.0792. The van der Waals surface area contributed by atoms with Crippen LogP contribution in [0.2, 0.25) is 0 Å². The van der Waals surface area contributed by atoms with Crippen molar-refractivity contribution in [2.24, 2.45) is 5.92 Å². The van der Waals surface area contributed by atoms with Gasteiger partial charge in [0.25, 0.3) is 0 Å². The summed E-state index contributed by atoms with van der Waals surface area (Å²) in [6, 6.07) is 10.1. The molecule has 1 aliphatic rings. The van der Waals surface area contributed by atoms with E-state index >= 15 is 0 Å². The Morgan fingerprint density at radius 3 is 2.26 bits per heavy atom. The second-order valence-electron chi connectivity index (χ2n) is 5.55. The Hall–Kier alpha value is -0.870. The lowest BCUT2D eigenvalue weighted by atomic mass is 9.98. The van der Waals surface area contributed by atoms with E-state index < -0.39 is 9.84 Å². The molecule has 0 bridgehead atoms. The van der Waals surface area contributed by atoms with Crippen molar-refractivity contribution in [1.82, 2.24) is 0 Å². The highest BCUT2D eigenvalue weighted by molar-refractivity contribution is 7.92. The summed E-state index contributed by atoms with van der Waals surface area (Å²) in [5.41, 5.74) is 1.16. The van der Waals surface area contributed by atoms with Gasteiger partial charge < -0.3 is 4.74 Å². The molecule has 0 radical (unpaired) electrons. The zero-order valence-electron chi connectivity index (χ0n) is 11.6. The fourth-order valence-electron chi connectivity index (χ4n) is 2.75. The number of benzene rings is 1. The number of ether oxygens (including phenoxy) is 1. The van der Waals surface area contributed by atoms with Crippen LogP contribution in [0.5, 0.6) is 0 Å². The van der Waals surface area contributed by atoms with Crippen LogP contribution in [0.15, 0.2) is 30.3 Å². The van der Waals surface area contributed by atoms with Gasteiger partial charge in [0.1, 0.15) is 0 Å². The van der Waals surface area contributed by atoms with Gasteiger partial charge in [-0.25, -0.2) is 8.42 Å². The summed E-state index contributed by atoms with van der Waals surface area (Å²) >= 11 is 0. The van der Waals surface area contributed by atoms with Crippen molar-refractivity contribution in [2.45, 2.75) is 43.8 Å². The van der Waals surface area contributed by atoms with E-state index in [1.807, 2.05) is 44.2 Å². The Morgan fingerprint density at radius 1 is 1.11 bits per heavy atom. The number of hydrogen-bond donors (Lipinski definition) is 0. The molecule has 2 atom stereocenters. The van der Waals surface area contributed by atoms with Crippen molar-refractivity contribution in [3.8, 4) is 0 Å². The fraction of sp³-hybridized carbons (Fsp3) is 0.600. The van der Waals surface area contributed by atoms with Crippen molar-refractivity contribution < 1.29 is 13.2 Å². The van der Waals surface area contributed by atoms with Crippen LogP contribution in [0.3, 0.4) is 0 Å². The molecule has 1 aliphatic heterocycles. The molecule has 2 rings (SSSR count). The van der Waals surface area contributed by atoms with Crippen LogP contribution in [0.1, 0.15) is 32.3 Å². The van der Waals surface area contributed by atoms with Crippen LogP contribution < -0.4 is 0 Å². The summed E-state index contributed by atoms with van der Waals surface area (Å²) in [6.45, 7) is 4.89. The van der Waals surface area contributed by atoms with Gasteiger partial charge in [0.15, 0.2) is 9.84 Å². The molecule has 1 fully saturated rings. The van der Waals surface area contributed by atoms with E-state index in [0.29, 0.717) is 19.1 Å². The Morgan fingerprint density at radius 2 is 1.68 bits per heavy atom. The predicted octanol–water partition coefficient (Wildman–Crippen LogP) is 2.81. The Kier molecular flexibility index (Phi) is 4.63. The molecule has 0 aromatic heterocycles. The third-order valence-electron chi connectivity index (χ3n) is 3.92. The third kappa shape index (κ3) is 3.57. The Labute approximate surface area is 115 Å². The van der Waals surface area contributed by atoms with Gasteiger partial charge in [-0.3, -0.25) is 0 Å². The second-order valence-corrected chi connectivity index (χ2v) is 8.34. The van der Waals surface area contributed by atoms with E-state index in [1.54, 1.807) is 0 Å². The molecule has 1 heterocycles. The average Bonchev–Trinajstić information content (AvgIpc) is 2.38. The normalized spacial score (nSPS) is 30.1. The molecule has 1 aromatic rings. The highest BCUT2D eigenvalue weighted by Crippen LogP contribution is 2.30. The summed E-state index contributed by atoms with van der Waals surface area (Å²) in [5.74, 6) is 0.359. The standard InChI is InChI=1S/C15H22O3S/c1-12-8-15(9-13(2)19(12,16)17)11-18-10-14-6-4-3-5-7-14/h3-7,12-13,15H,8-11H2,1-2H3. The van der Waals surface area contributed by atoms with Crippen LogP contribution in [0.25, 0.3) is 0 Å². The molecular formula is C15H22O3S. The molecule has 4 heteroatoms. The van der Waals surface area contributed by atoms with Crippen LogP contribution >= 0.6 is 0 Å². The van der Waals surface area contributed by atoms with Gasteiger partial charge in [0.2, 0.25) is 0 Å². The van der Waals surface area contributed by atoms with Gasteiger partial charge in [0.05, 0.1) is 17.1 Å². The summed E-state index contributed by atoms with van der Waals surface area (Å²) in [5, 5.41) is -0.469. The highest BCUT2D eigenvalue weighted by atomic mass is 32.2. The average molecular weight is 282 g/mol. The van der Waals surface area contributed by atoms with Crippen LogP contribution in [0, 0.1) is 5.92 Å². The van der Waals surface area contributed by atoms with Crippen LogP contribution in [0.4, 0.5) is 0 Å². The lowest BCUT2D eigenvalue weighted by Crippen LogP contribution is -2.38. The van der Waals surface area contributed by atoms with Crippen molar-refractivity contribution >= 4 is 9.84 Å². The number of sulfone groups is 1. The van der Waals surface area contributed by atoms with Gasteiger partial charge in [-0.05, 0) is 38.2 Å². The molecule has 0 saturated carbocycles. The van der Waals surface area contributed by atoms with E-state index in [2.05, 4.69) is 0 Å². The Bertz CT molecular complexity index is 477. The van der Waals surface area contributed by atoms with Crippen molar-refractivity contribution in [1.29, 1.82) is 0 Å². The monoisotopic (exact) mass is 282 g/mol. The quantitative estimate of drug-likeness (QED) is 0.853. The molecule has 106 valence electrons. The van der Waals surface area contributed by atoms with E-state index in [4.69, 9.17) is 4.74 Å². The van der Waals surface area contributed by atoms with E-state index in [9.17, 15) is 8.42 Å². The Balaban J connectivity index is 1.82. The molecular weight excluding hydrogens is 260 g/mol. The van der Waals surface area contributed by atoms with E-state index in [-0.39, 0.29) is 10.5 Å². The smallest absolute Gasteiger partial charge is 0.155 e. The van der Waals surface area contributed by atoms with Crippen molar-refractivity contribution in [3.63, 3.8) is 0 Å². The fourth-order valence-corrected chi connectivity index (χ4v) is 4.63. The zero-order valence-corrected chi connectivity index (χ0v) is 12.4. The number of hydrogen-bond acceptors (Lipinski definition) is 3. The second kappa shape index (κ2) is 6.06. The molecule has 1 saturated heterocycles. The van der Waals surface area contributed by atoms with E-state index in [0.717, 1.165) is 18.4 Å². The highest BCUT2D eigenvalue weighted by Gasteiger charge is 2.36. The van der Waals surface area contributed by atoms with Crippen molar-refractivity contribution in [2.75, 3.05) is 6.61 Å². The zero-order chi connectivity index (χ0) is 13.9. The largest absolute Gasteiger partial charge is 0.376 e. The minimum Gasteiger partial charge on any atom is -0.376 e. The lowest BCUT2D eigenvalue weighted by Gasteiger charge is -2.31. The molecule has 0 amide bonds. The first-order valence-electron chi connectivity index (χ1n) is 6.84. The van der Waals surface area contributed by atoms with Gasteiger partial charge >= 0.3 is 0 Å². The van der Waals surface area contributed by atoms with Gasteiger partial charge in [-0.1, -0.05) is 30.3 Å². The van der Waals surface area contributed by atoms with Crippen LogP contribution in [-0.2, 0) is 21.2 Å². The molecule has 3 nitrogen and oxygen atoms in total. The molecule has 1 aromatic carbocycles. The maximum Gasteiger partial charge on any atom is 0.155 e. The molecule has 2 unspecified atom stereocenters. The first-order chi connectivity index (χ1) is 9.00. The molecule has 19 heavy (non-hydrogen) atoms. The maximum atomic E-state index is 11.9. The molecule has 0 spiro atoms. The first-order valence-corrected chi connectivity index (χ1v) is 8.45. The SMILES string of the molecule is CC1CC(COCc2ccccc2)CC(C)S1(=O)=O. The first kappa shape index (κ1) is 14.5. The molecule has 0 N–H and O–H groups in total. The van der Waals surface area contributed by atoms with Gasteiger partial charge in [-0.15, -0.1) is 0 Å². The third-order valence-corrected chi connectivity index (χ3v) is 6.55. The van der Waals surface area contributed by atoms with Crippen molar-refractivity contribution in [3.05, 3.63) is 35.9 Å². The van der Waals surface area contributed by atoms with Gasteiger partial charge in [-0.2, -0.15) is 0 Å². The van der Waals surface area contributed by atoms with Gasteiger partial charge in [0, 0.05) is 6.61 Å². The minimum absolute atomic E-state index is 0.235. The minimum atomic E-state index is -2.91. The summed E-state index contributed by atoms with van der Waals surface area (Å²) < 4.78 is 29.6. The molecule has 0 aliphatic carbocycles.